The molecule has 2 aliphatic heterocycles. The standard InChI is InChI=1S/C18H20F2N6O3S/c1-10-14(20)15(29-3)23-17(22-10)26-8-13-18(9-26,11-6-4-5-7-12(11)19)24-16(21)25(2)30(13,27)28/h4-7,13H,8-9H2,1-3H3,(H2,21,24). The number of benzene rings is 1. The molecule has 9 nitrogen and oxygen atoms in total. The fraction of sp³-hybridized carbons (Fsp3) is 0.389. The number of aromatic nitrogens is 2. The molecule has 2 unspecified atom stereocenters. The van der Waals surface area contributed by atoms with E-state index in [-0.39, 0.29) is 42.1 Å². The topological polar surface area (TPSA) is 114 Å². The Balaban J connectivity index is 1.91. The summed E-state index contributed by atoms with van der Waals surface area (Å²) < 4.78 is 61.2. The largest absolute Gasteiger partial charge is 0.479 e. The third-order valence-corrected chi connectivity index (χ3v) is 7.73. The highest BCUT2D eigenvalue weighted by molar-refractivity contribution is 7.90. The van der Waals surface area contributed by atoms with Gasteiger partial charge in [0.2, 0.25) is 27.7 Å². The van der Waals surface area contributed by atoms with E-state index in [1.807, 2.05) is 0 Å². The summed E-state index contributed by atoms with van der Waals surface area (Å²) in [6.45, 7) is 1.28. The van der Waals surface area contributed by atoms with Gasteiger partial charge in [-0.1, -0.05) is 18.2 Å². The van der Waals surface area contributed by atoms with Crippen LogP contribution < -0.4 is 15.4 Å². The fourth-order valence-electron chi connectivity index (χ4n) is 3.93. The molecule has 1 aromatic carbocycles. The number of halogens is 2. The molecule has 3 heterocycles. The van der Waals surface area contributed by atoms with E-state index < -0.39 is 32.4 Å². The summed E-state index contributed by atoms with van der Waals surface area (Å²) >= 11 is 0. The summed E-state index contributed by atoms with van der Waals surface area (Å²) in [5.74, 6) is -1.77. The highest BCUT2D eigenvalue weighted by Gasteiger charge is 2.60. The lowest BCUT2D eigenvalue weighted by Crippen LogP contribution is -2.57. The van der Waals surface area contributed by atoms with E-state index >= 15 is 0 Å². The average molecular weight is 438 g/mol. The Morgan fingerprint density at radius 1 is 1.27 bits per heavy atom. The molecule has 0 spiro atoms. The van der Waals surface area contributed by atoms with E-state index in [9.17, 15) is 17.2 Å². The van der Waals surface area contributed by atoms with Gasteiger partial charge >= 0.3 is 0 Å². The number of nitrogens with two attached hydrogens (primary N) is 1. The van der Waals surface area contributed by atoms with Crippen LogP contribution in [0.3, 0.4) is 0 Å². The van der Waals surface area contributed by atoms with E-state index in [4.69, 9.17) is 10.5 Å². The van der Waals surface area contributed by atoms with Crippen LogP contribution in [0.15, 0.2) is 29.3 Å². The van der Waals surface area contributed by atoms with Crippen LogP contribution in [0.25, 0.3) is 0 Å². The molecule has 1 aromatic heterocycles. The number of hydrogen-bond donors (Lipinski definition) is 1. The second-order valence-electron chi connectivity index (χ2n) is 7.19. The van der Waals surface area contributed by atoms with E-state index in [1.165, 1.54) is 44.2 Å². The van der Waals surface area contributed by atoms with Gasteiger partial charge in [-0.25, -0.2) is 27.1 Å². The Bertz CT molecular complexity index is 1160. The average Bonchev–Trinajstić information content (AvgIpc) is 3.10. The molecule has 160 valence electrons. The minimum atomic E-state index is -3.98. The van der Waals surface area contributed by atoms with Crippen LogP contribution in [-0.4, -0.2) is 61.1 Å². The van der Waals surface area contributed by atoms with Crippen LogP contribution in [-0.2, 0) is 15.6 Å². The van der Waals surface area contributed by atoms with Crippen molar-refractivity contribution in [3.8, 4) is 5.88 Å². The number of sulfonamides is 1. The molecule has 2 N–H and O–H groups in total. The first-order valence-corrected chi connectivity index (χ1v) is 10.5. The number of ether oxygens (including phenoxy) is 1. The van der Waals surface area contributed by atoms with Crippen molar-refractivity contribution < 1.29 is 21.9 Å². The number of fused-ring (bicyclic) bond motifs is 1. The number of methoxy groups -OCH3 is 1. The van der Waals surface area contributed by atoms with Crippen molar-refractivity contribution in [1.82, 2.24) is 14.3 Å². The zero-order valence-electron chi connectivity index (χ0n) is 16.5. The Morgan fingerprint density at radius 2 is 1.97 bits per heavy atom. The first kappa shape index (κ1) is 20.3. The molecule has 0 aliphatic carbocycles. The van der Waals surface area contributed by atoms with Crippen molar-refractivity contribution in [2.45, 2.75) is 17.7 Å². The normalized spacial score (nSPS) is 25.1. The number of anilines is 1. The molecule has 4 rings (SSSR count). The molecule has 2 aliphatic rings. The van der Waals surface area contributed by atoms with Crippen molar-refractivity contribution in [2.24, 2.45) is 10.7 Å². The van der Waals surface area contributed by atoms with Crippen LogP contribution in [0.1, 0.15) is 11.3 Å². The Morgan fingerprint density at radius 3 is 2.63 bits per heavy atom. The van der Waals surface area contributed by atoms with Gasteiger partial charge in [-0.2, -0.15) is 9.37 Å². The number of aryl methyl sites for hydroxylation is 1. The number of nitrogens with zero attached hydrogens (tertiary/aromatic N) is 5. The molecule has 1 fully saturated rings. The van der Waals surface area contributed by atoms with Crippen molar-refractivity contribution in [2.75, 3.05) is 32.1 Å². The molecule has 0 amide bonds. The summed E-state index contributed by atoms with van der Waals surface area (Å²) in [5.41, 5.74) is 4.53. The second-order valence-corrected chi connectivity index (χ2v) is 9.33. The van der Waals surface area contributed by atoms with Crippen LogP contribution in [0.5, 0.6) is 5.88 Å². The molecular weight excluding hydrogens is 418 g/mol. The number of guanidine groups is 1. The van der Waals surface area contributed by atoms with Crippen LogP contribution >= 0.6 is 0 Å². The molecule has 0 radical (unpaired) electrons. The molecule has 0 saturated carbocycles. The summed E-state index contributed by atoms with van der Waals surface area (Å²) in [4.78, 5) is 14.2. The van der Waals surface area contributed by atoms with Crippen LogP contribution in [0.2, 0.25) is 0 Å². The number of hydrogen-bond acceptors (Lipinski definition) is 8. The second kappa shape index (κ2) is 6.76. The van der Waals surface area contributed by atoms with Crippen LogP contribution in [0.4, 0.5) is 14.7 Å². The lowest BCUT2D eigenvalue weighted by molar-refractivity contribution is 0.365. The maximum Gasteiger partial charge on any atom is 0.255 e. The summed E-state index contributed by atoms with van der Waals surface area (Å²) in [5, 5.41) is -1.15. The van der Waals surface area contributed by atoms with Crippen molar-refractivity contribution in [3.05, 3.63) is 47.2 Å². The summed E-state index contributed by atoms with van der Waals surface area (Å²) in [6.07, 6.45) is 0. The Kier molecular flexibility index (Phi) is 4.56. The predicted octanol–water partition coefficient (Wildman–Crippen LogP) is 0.746. The quantitative estimate of drug-likeness (QED) is 0.752. The van der Waals surface area contributed by atoms with Crippen molar-refractivity contribution in [3.63, 3.8) is 0 Å². The third-order valence-electron chi connectivity index (χ3n) is 5.52. The fourth-order valence-corrected chi connectivity index (χ4v) is 5.73. The molecule has 30 heavy (non-hydrogen) atoms. The molecule has 2 atom stereocenters. The van der Waals surface area contributed by atoms with Gasteiger partial charge in [0, 0.05) is 19.2 Å². The Hall–Kier alpha value is -3.02. The molecule has 2 aromatic rings. The maximum atomic E-state index is 14.8. The molecule has 12 heteroatoms. The van der Waals surface area contributed by atoms with E-state index in [2.05, 4.69) is 15.0 Å². The van der Waals surface area contributed by atoms with E-state index in [0.717, 1.165) is 4.31 Å². The number of aliphatic imine (C=N–C) groups is 1. The highest BCUT2D eigenvalue weighted by Crippen LogP contribution is 2.45. The van der Waals surface area contributed by atoms with Gasteiger partial charge in [-0.3, -0.25) is 0 Å². The van der Waals surface area contributed by atoms with E-state index in [1.54, 1.807) is 6.07 Å². The molecular formula is C18H20F2N6O3S. The van der Waals surface area contributed by atoms with Gasteiger partial charge in [0.1, 0.15) is 16.6 Å². The smallest absolute Gasteiger partial charge is 0.255 e. The van der Waals surface area contributed by atoms with Crippen LogP contribution in [0, 0.1) is 18.6 Å². The minimum Gasteiger partial charge on any atom is -0.479 e. The summed E-state index contributed by atoms with van der Waals surface area (Å²) in [6, 6.07) is 5.83. The van der Waals surface area contributed by atoms with Gasteiger partial charge in [0.15, 0.2) is 0 Å². The minimum absolute atomic E-state index is 0.0367. The first-order chi connectivity index (χ1) is 14.1. The Labute approximate surface area is 172 Å². The zero-order chi connectivity index (χ0) is 21.8. The van der Waals surface area contributed by atoms with Gasteiger partial charge in [-0.05, 0) is 13.0 Å². The highest BCUT2D eigenvalue weighted by atomic mass is 32.2. The maximum absolute atomic E-state index is 14.8. The first-order valence-electron chi connectivity index (χ1n) is 9.03. The lowest BCUT2D eigenvalue weighted by atomic mass is 9.88. The lowest BCUT2D eigenvalue weighted by Gasteiger charge is -2.38. The van der Waals surface area contributed by atoms with Gasteiger partial charge in [0.25, 0.3) is 5.88 Å². The summed E-state index contributed by atoms with van der Waals surface area (Å²) in [7, 11) is -1.42. The van der Waals surface area contributed by atoms with E-state index in [0.29, 0.717) is 0 Å². The number of rotatable bonds is 3. The predicted molar refractivity (Wildman–Crippen MR) is 106 cm³/mol. The van der Waals surface area contributed by atoms with Gasteiger partial charge < -0.3 is 15.4 Å². The van der Waals surface area contributed by atoms with Crippen molar-refractivity contribution in [1.29, 1.82) is 0 Å². The third kappa shape index (κ3) is 2.77. The molecule has 1 saturated heterocycles. The van der Waals surface area contributed by atoms with Gasteiger partial charge in [0.05, 0.1) is 19.3 Å². The molecule has 0 bridgehead atoms. The van der Waals surface area contributed by atoms with Crippen molar-refractivity contribution >= 4 is 21.9 Å². The van der Waals surface area contributed by atoms with Gasteiger partial charge in [-0.15, -0.1) is 0 Å². The zero-order valence-corrected chi connectivity index (χ0v) is 17.3. The monoisotopic (exact) mass is 438 g/mol. The SMILES string of the molecule is COc1nc(N2CC3C(c4ccccc4F)(C2)N=C(N)N(C)S3(=O)=O)nc(C)c1F.